The van der Waals surface area contributed by atoms with Gasteiger partial charge in [-0.1, -0.05) is 57.3 Å². The number of aliphatic imine (C=N–C) groups is 1. The Hall–Kier alpha value is 0.1000. The van der Waals surface area contributed by atoms with Crippen molar-refractivity contribution in [2.45, 2.75) is 25.3 Å². The molecule has 3 rings (SSSR count). The standard InChI is InChI=1S/C13H13BrCl2N2S/c14-8-4-9(15)12(10(16)5-8)18-13-17-11-3-1-2-7(11)6-19-13/h4-5,7,11H,1-3,6H2,(H,17,18). The average molecular weight is 380 g/mol. The molecule has 19 heavy (non-hydrogen) atoms. The van der Waals surface area contributed by atoms with Crippen LogP contribution in [0.5, 0.6) is 0 Å². The first-order chi connectivity index (χ1) is 9.13. The van der Waals surface area contributed by atoms with Crippen LogP contribution < -0.4 is 5.32 Å². The van der Waals surface area contributed by atoms with E-state index in [9.17, 15) is 0 Å². The molecule has 2 aliphatic rings. The van der Waals surface area contributed by atoms with Gasteiger partial charge in [-0.25, -0.2) is 0 Å². The molecule has 0 bridgehead atoms. The second-order valence-corrected chi connectivity index (χ2v) is 7.61. The van der Waals surface area contributed by atoms with Gasteiger partial charge in [0.15, 0.2) is 5.17 Å². The number of nitrogens with zero attached hydrogens (tertiary/aromatic N) is 1. The number of halogens is 3. The van der Waals surface area contributed by atoms with Crippen molar-refractivity contribution in [2.75, 3.05) is 11.1 Å². The molecule has 1 saturated carbocycles. The van der Waals surface area contributed by atoms with Crippen LogP contribution in [-0.4, -0.2) is 17.0 Å². The van der Waals surface area contributed by atoms with Crippen LogP contribution in [0.3, 0.4) is 0 Å². The van der Waals surface area contributed by atoms with Gasteiger partial charge in [-0.15, -0.1) is 0 Å². The van der Waals surface area contributed by atoms with Crippen LogP contribution in [0.25, 0.3) is 0 Å². The second-order valence-electron chi connectivity index (χ2n) is 4.87. The highest BCUT2D eigenvalue weighted by Gasteiger charge is 2.31. The van der Waals surface area contributed by atoms with Crippen LogP contribution in [0.15, 0.2) is 21.6 Å². The van der Waals surface area contributed by atoms with Crippen molar-refractivity contribution in [2.24, 2.45) is 10.9 Å². The summed E-state index contributed by atoms with van der Waals surface area (Å²) in [6.07, 6.45) is 3.82. The number of hydrogen-bond donors (Lipinski definition) is 1. The summed E-state index contributed by atoms with van der Waals surface area (Å²) in [5.74, 6) is 1.90. The number of rotatable bonds is 1. The van der Waals surface area contributed by atoms with Crippen LogP contribution >= 0.6 is 50.9 Å². The van der Waals surface area contributed by atoms with E-state index < -0.39 is 0 Å². The molecule has 0 saturated heterocycles. The zero-order valence-electron chi connectivity index (χ0n) is 10.1. The van der Waals surface area contributed by atoms with Crippen molar-refractivity contribution in [1.82, 2.24) is 0 Å². The van der Waals surface area contributed by atoms with Crippen molar-refractivity contribution in [3.05, 3.63) is 26.7 Å². The predicted octanol–water partition coefficient (Wildman–Crippen LogP) is 5.44. The van der Waals surface area contributed by atoms with Gasteiger partial charge >= 0.3 is 0 Å². The summed E-state index contributed by atoms with van der Waals surface area (Å²) in [5.41, 5.74) is 0.745. The maximum atomic E-state index is 6.22. The Bertz CT molecular complexity index is 512. The van der Waals surface area contributed by atoms with Crippen LogP contribution in [0.2, 0.25) is 10.0 Å². The first-order valence-electron chi connectivity index (χ1n) is 6.25. The van der Waals surface area contributed by atoms with Gasteiger partial charge in [0, 0.05) is 10.2 Å². The smallest absolute Gasteiger partial charge is 0.161 e. The molecule has 2 unspecified atom stereocenters. The Morgan fingerprint density at radius 2 is 2.00 bits per heavy atom. The fourth-order valence-corrected chi connectivity index (χ4v) is 5.04. The molecular weight excluding hydrogens is 367 g/mol. The van der Waals surface area contributed by atoms with E-state index in [1.54, 1.807) is 11.8 Å². The molecule has 2 nitrogen and oxygen atoms in total. The Morgan fingerprint density at radius 1 is 1.26 bits per heavy atom. The number of anilines is 1. The molecule has 1 aromatic rings. The van der Waals surface area contributed by atoms with Gasteiger partial charge in [0.1, 0.15) is 0 Å². The molecule has 1 fully saturated rings. The van der Waals surface area contributed by atoms with E-state index in [0.29, 0.717) is 16.1 Å². The summed E-state index contributed by atoms with van der Waals surface area (Å²) >= 11 is 17.6. The zero-order chi connectivity index (χ0) is 13.4. The lowest BCUT2D eigenvalue weighted by molar-refractivity contribution is 0.535. The summed E-state index contributed by atoms with van der Waals surface area (Å²) in [6.45, 7) is 0. The summed E-state index contributed by atoms with van der Waals surface area (Å²) < 4.78 is 0.877. The average Bonchev–Trinajstić information content (AvgIpc) is 2.81. The van der Waals surface area contributed by atoms with Crippen LogP contribution in [0, 0.1) is 5.92 Å². The van der Waals surface area contributed by atoms with E-state index in [1.165, 1.54) is 19.3 Å². The van der Waals surface area contributed by atoms with Gasteiger partial charge < -0.3 is 5.32 Å². The predicted molar refractivity (Wildman–Crippen MR) is 88.8 cm³/mol. The van der Waals surface area contributed by atoms with Crippen molar-refractivity contribution < 1.29 is 0 Å². The molecule has 102 valence electrons. The summed E-state index contributed by atoms with van der Waals surface area (Å²) in [6, 6.07) is 4.15. The second kappa shape index (κ2) is 5.84. The number of benzene rings is 1. The molecule has 6 heteroatoms. The van der Waals surface area contributed by atoms with Crippen LogP contribution in [0.1, 0.15) is 19.3 Å². The lowest BCUT2D eigenvalue weighted by Gasteiger charge is -2.24. The normalized spacial score (nSPS) is 25.9. The third-order valence-corrected chi connectivity index (χ3v) is 5.70. The Labute approximate surface area is 135 Å². The minimum atomic E-state index is 0.483. The minimum Gasteiger partial charge on any atom is -0.333 e. The van der Waals surface area contributed by atoms with E-state index in [0.717, 1.165) is 27.0 Å². The van der Waals surface area contributed by atoms with Gasteiger partial charge in [0.05, 0.1) is 21.8 Å². The summed E-state index contributed by atoms with van der Waals surface area (Å²) in [5, 5.41) is 5.44. The molecular formula is C13H13BrCl2N2S. The monoisotopic (exact) mass is 378 g/mol. The SMILES string of the molecule is Clc1cc(Br)cc(Cl)c1NC1=NC2CCCC2CS1. The highest BCUT2D eigenvalue weighted by Crippen LogP contribution is 2.38. The highest BCUT2D eigenvalue weighted by atomic mass is 79.9. The zero-order valence-corrected chi connectivity index (χ0v) is 14.0. The van der Waals surface area contributed by atoms with Crippen molar-refractivity contribution in [1.29, 1.82) is 0 Å². The molecule has 0 radical (unpaired) electrons. The van der Waals surface area contributed by atoms with Gasteiger partial charge in [0.2, 0.25) is 0 Å². The maximum Gasteiger partial charge on any atom is 0.161 e. The van der Waals surface area contributed by atoms with Gasteiger partial charge in [0.25, 0.3) is 0 Å². The first kappa shape index (κ1) is 14.1. The first-order valence-corrected chi connectivity index (χ1v) is 8.79. The number of amidine groups is 1. The van der Waals surface area contributed by atoms with E-state index >= 15 is 0 Å². The highest BCUT2D eigenvalue weighted by molar-refractivity contribution is 9.10. The number of nitrogens with one attached hydrogen (secondary N) is 1. The topological polar surface area (TPSA) is 24.4 Å². The third kappa shape index (κ3) is 3.07. The fraction of sp³-hybridized carbons (Fsp3) is 0.462. The molecule has 1 aliphatic heterocycles. The van der Waals surface area contributed by atoms with Gasteiger partial charge in [-0.05, 0) is 30.9 Å². The van der Waals surface area contributed by atoms with E-state index in [1.807, 2.05) is 12.1 Å². The Balaban J connectivity index is 1.82. The molecule has 2 atom stereocenters. The largest absolute Gasteiger partial charge is 0.333 e. The number of hydrogen-bond acceptors (Lipinski definition) is 3. The van der Waals surface area contributed by atoms with Crippen molar-refractivity contribution in [3.63, 3.8) is 0 Å². The maximum absolute atomic E-state index is 6.22. The fourth-order valence-electron chi connectivity index (χ4n) is 2.59. The molecule has 0 aromatic heterocycles. The molecule has 1 aliphatic carbocycles. The van der Waals surface area contributed by atoms with Gasteiger partial charge in [-0.2, -0.15) is 0 Å². The third-order valence-electron chi connectivity index (χ3n) is 3.57. The Morgan fingerprint density at radius 3 is 2.74 bits per heavy atom. The van der Waals surface area contributed by atoms with Crippen molar-refractivity contribution >= 4 is 61.7 Å². The molecule has 1 N–H and O–H groups in total. The van der Waals surface area contributed by atoms with Crippen molar-refractivity contribution in [3.8, 4) is 0 Å². The lowest BCUT2D eigenvalue weighted by Crippen LogP contribution is -2.25. The lowest BCUT2D eigenvalue weighted by atomic mass is 10.1. The minimum absolute atomic E-state index is 0.483. The number of thioether (sulfide) groups is 1. The Kier molecular flexibility index (Phi) is 4.32. The van der Waals surface area contributed by atoms with E-state index in [2.05, 4.69) is 21.2 Å². The number of fused-ring (bicyclic) bond motifs is 1. The van der Waals surface area contributed by atoms with Gasteiger partial charge in [-0.3, -0.25) is 4.99 Å². The van der Waals surface area contributed by atoms with Crippen LogP contribution in [0.4, 0.5) is 5.69 Å². The summed E-state index contributed by atoms with van der Waals surface area (Å²) in [4.78, 5) is 4.78. The van der Waals surface area contributed by atoms with Crippen LogP contribution in [-0.2, 0) is 0 Å². The summed E-state index contributed by atoms with van der Waals surface area (Å²) in [7, 11) is 0. The molecule has 1 aromatic carbocycles. The molecule has 0 amide bonds. The van der Waals surface area contributed by atoms with E-state index in [-0.39, 0.29) is 0 Å². The quantitative estimate of drug-likeness (QED) is 0.702. The van der Waals surface area contributed by atoms with E-state index in [4.69, 9.17) is 28.2 Å². The molecule has 1 heterocycles. The molecule has 0 spiro atoms.